The summed E-state index contributed by atoms with van der Waals surface area (Å²) in [7, 11) is 0. The molecule has 0 aromatic rings. The number of carbonyl (C=O) groups is 1. The van der Waals surface area contributed by atoms with E-state index in [0.29, 0.717) is 0 Å². The zero-order chi connectivity index (χ0) is 10.9. The number of Topliss-reactive ketones (excluding diaryl/α,β-unsaturated/α-hetero) is 1. The molecule has 0 rings (SSSR count). The van der Waals surface area contributed by atoms with E-state index in [-0.39, 0.29) is 0 Å². The first-order valence-corrected chi connectivity index (χ1v) is 3.36. The van der Waals surface area contributed by atoms with Crippen molar-refractivity contribution in [2.45, 2.75) is 12.4 Å². The molecule has 0 aromatic carbocycles. The van der Waals surface area contributed by atoms with Crippen molar-refractivity contribution in [2.75, 3.05) is 5.88 Å². The molecular weight excluding hydrogens is 225 g/mol. The monoisotopic (exact) mass is 228 g/mol. The lowest BCUT2D eigenvalue weighted by molar-refractivity contribution is -0.272. The number of ketones is 1. The van der Waals surface area contributed by atoms with Crippen LogP contribution < -0.4 is 0 Å². The molecule has 0 radical (unpaired) electrons. The van der Waals surface area contributed by atoms with E-state index in [1.807, 2.05) is 0 Å². The Bertz CT molecular complexity index is 180. The van der Waals surface area contributed by atoms with Crippen LogP contribution in [0.3, 0.4) is 0 Å². The second-order valence-electron chi connectivity index (χ2n) is 2.12. The summed E-state index contributed by atoms with van der Waals surface area (Å²) >= 11 is 4.61. The van der Waals surface area contributed by atoms with Gasteiger partial charge < -0.3 is 0 Å². The van der Waals surface area contributed by atoms with Gasteiger partial charge >= 0.3 is 12.4 Å². The first-order chi connectivity index (χ1) is 5.60. The fourth-order valence-corrected chi connectivity index (χ4v) is 0.782. The van der Waals surface area contributed by atoms with Crippen LogP contribution >= 0.6 is 11.6 Å². The normalized spacial score (nSPS) is 13.5. The lowest BCUT2D eigenvalue weighted by Gasteiger charge is -2.20. The van der Waals surface area contributed by atoms with E-state index in [4.69, 9.17) is 0 Å². The highest BCUT2D eigenvalue weighted by Gasteiger charge is 2.60. The minimum Gasteiger partial charge on any atom is -0.297 e. The number of hydrogen-bond donors (Lipinski definition) is 0. The maximum Gasteiger partial charge on any atom is 0.407 e. The van der Waals surface area contributed by atoms with Gasteiger partial charge in [0.15, 0.2) is 5.78 Å². The van der Waals surface area contributed by atoms with E-state index in [0.717, 1.165) is 0 Å². The quantitative estimate of drug-likeness (QED) is 0.524. The summed E-state index contributed by atoms with van der Waals surface area (Å²) in [6, 6.07) is 0. The molecule has 0 fully saturated rings. The van der Waals surface area contributed by atoms with Crippen molar-refractivity contribution < 1.29 is 31.1 Å². The van der Waals surface area contributed by atoms with Gasteiger partial charge in [0, 0.05) is 0 Å². The molecule has 0 N–H and O–H groups in total. The molecule has 0 bridgehead atoms. The van der Waals surface area contributed by atoms with Gasteiger partial charge in [0.1, 0.15) is 0 Å². The molecule has 0 aliphatic carbocycles. The van der Waals surface area contributed by atoms with Gasteiger partial charge in [-0.15, -0.1) is 11.6 Å². The highest BCUT2D eigenvalue weighted by atomic mass is 35.5. The second kappa shape index (κ2) is 3.73. The number of hydrogen-bond acceptors (Lipinski definition) is 1. The lowest BCUT2D eigenvalue weighted by Crippen LogP contribution is -2.42. The Kier molecular flexibility index (Phi) is 3.60. The van der Waals surface area contributed by atoms with E-state index < -0.39 is 29.9 Å². The smallest absolute Gasteiger partial charge is 0.297 e. The van der Waals surface area contributed by atoms with Gasteiger partial charge in [0.25, 0.3) is 0 Å². The molecule has 0 atom stereocenters. The maximum atomic E-state index is 11.7. The Morgan fingerprint density at radius 2 is 1.38 bits per heavy atom. The maximum absolute atomic E-state index is 11.7. The fourth-order valence-electron chi connectivity index (χ4n) is 0.628. The van der Waals surface area contributed by atoms with E-state index in [1.165, 1.54) is 0 Å². The van der Waals surface area contributed by atoms with Crippen LogP contribution in [-0.4, -0.2) is 24.0 Å². The van der Waals surface area contributed by atoms with Gasteiger partial charge in [-0.05, 0) is 0 Å². The molecule has 0 saturated carbocycles. The number of alkyl halides is 7. The van der Waals surface area contributed by atoms with E-state index in [1.54, 1.807) is 0 Å². The van der Waals surface area contributed by atoms with Crippen LogP contribution in [0.15, 0.2) is 0 Å². The van der Waals surface area contributed by atoms with Gasteiger partial charge in [-0.3, -0.25) is 4.79 Å². The Morgan fingerprint density at radius 3 is 1.46 bits per heavy atom. The number of rotatable bonds is 2. The first-order valence-electron chi connectivity index (χ1n) is 2.82. The summed E-state index contributed by atoms with van der Waals surface area (Å²) < 4.78 is 69.9. The van der Waals surface area contributed by atoms with Crippen molar-refractivity contribution in [3.8, 4) is 0 Å². The fraction of sp³-hybridized carbons (Fsp3) is 0.800. The molecular formula is C5H3ClF6O. The summed E-state index contributed by atoms with van der Waals surface area (Å²) in [4.78, 5) is 10.2. The van der Waals surface area contributed by atoms with Crippen LogP contribution in [0.1, 0.15) is 0 Å². The van der Waals surface area contributed by atoms with Gasteiger partial charge in [-0.2, -0.15) is 26.3 Å². The van der Waals surface area contributed by atoms with Crippen molar-refractivity contribution in [1.82, 2.24) is 0 Å². The molecule has 0 amide bonds. The number of halogens is 7. The predicted octanol–water partition coefficient (Wildman–Crippen LogP) is 2.54. The highest BCUT2D eigenvalue weighted by Crippen LogP contribution is 2.39. The summed E-state index contributed by atoms with van der Waals surface area (Å²) in [6.07, 6.45) is -11.3. The molecule has 0 saturated heterocycles. The summed E-state index contributed by atoms with van der Waals surface area (Å²) in [5, 5.41) is 0. The topological polar surface area (TPSA) is 17.1 Å². The second-order valence-corrected chi connectivity index (χ2v) is 2.38. The third-order valence-corrected chi connectivity index (χ3v) is 1.37. The average Bonchev–Trinajstić information content (AvgIpc) is 1.80. The standard InChI is InChI=1S/C5H3ClF6O/c6-1-2(13)3(4(7,8)9)5(10,11)12/h3H,1H2. The minimum atomic E-state index is -5.63. The average molecular weight is 229 g/mol. The van der Waals surface area contributed by atoms with Crippen LogP contribution in [0.25, 0.3) is 0 Å². The first kappa shape index (κ1) is 12.5. The van der Waals surface area contributed by atoms with E-state index >= 15 is 0 Å². The van der Waals surface area contributed by atoms with E-state index in [9.17, 15) is 31.1 Å². The van der Waals surface area contributed by atoms with Gasteiger partial charge in [-0.1, -0.05) is 0 Å². The van der Waals surface area contributed by atoms with Crippen LogP contribution in [0.4, 0.5) is 26.3 Å². The molecule has 1 nitrogen and oxygen atoms in total. The molecule has 0 unspecified atom stereocenters. The largest absolute Gasteiger partial charge is 0.407 e. The molecule has 0 aliphatic heterocycles. The molecule has 13 heavy (non-hydrogen) atoms. The molecule has 0 aliphatic rings. The van der Waals surface area contributed by atoms with Gasteiger partial charge in [0.05, 0.1) is 5.88 Å². The number of carbonyl (C=O) groups excluding carboxylic acids is 1. The third-order valence-electron chi connectivity index (χ3n) is 1.11. The van der Waals surface area contributed by atoms with Crippen molar-refractivity contribution in [2.24, 2.45) is 5.92 Å². The molecule has 78 valence electrons. The van der Waals surface area contributed by atoms with Crippen LogP contribution in [-0.2, 0) is 4.79 Å². The van der Waals surface area contributed by atoms with Crippen molar-refractivity contribution in [3.05, 3.63) is 0 Å². The Morgan fingerprint density at radius 1 is 1.08 bits per heavy atom. The van der Waals surface area contributed by atoms with Crippen molar-refractivity contribution >= 4 is 17.4 Å². The SMILES string of the molecule is O=C(CCl)C(C(F)(F)F)C(F)(F)F. The summed E-state index contributed by atoms with van der Waals surface area (Å²) in [5.41, 5.74) is 0. The zero-order valence-electron chi connectivity index (χ0n) is 5.84. The Balaban J connectivity index is 4.89. The van der Waals surface area contributed by atoms with Crippen LogP contribution in [0.5, 0.6) is 0 Å². The summed E-state index contributed by atoms with van der Waals surface area (Å²) in [6.45, 7) is 0. The lowest BCUT2D eigenvalue weighted by atomic mass is 10.0. The minimum absolute atomic E-state index is 1.32. The van der Waals surface area contributed by atoms with Crippen molar-refractivity contribution in [3.63, 3.8) is 0 Å². The van der Waals surface area contributed by atoms with E-state index in [2.05, 4.69) is 11.6 Å². The van der Waals surface area contributed by atoms with Crippen molar-refractivity contribution in [1.29, 1.82) is 0 Å². The van der Waals surface area contributed by atoms with Crippen LogP contribution in [0, 0.1) is 5.92 Å². The summed E-state index contributed by atoms with van der Waals surface area (Å²) in [5.74, 6) is -7.39. The third kappa shape index (κ3) is 3.41. The molecule has 0 spiro atoms. The molecule has 0 heterocycles. The molecule has 8 heteroatoms. The Labute approximate surface area is 73.7 Å². The van der Waals surface area contributed by atoms with Gasteiger partial charge in [-0.25, -0.2) is 0 Å². The Hall–Kier alpha value is -0.460. The highest BCUT2D eigenvalue weighted by molar-refractivity contribution is 6.28. The predicted molar refractivity (Wildman–Crippen MR) is 31.3 cm³/mol. The zero-order valence-corrected chi connectivity index (χ0v) is 6.59. The van der Waals surface area contributed by atoms with Crippen LogP contribution in [0.2, 0.25) is 0 Å². The molecule has 0 aromatic heterocycles. The van der Waals surface area contributed by atoms with Gasteiger partial charge in [0.2, 0.25) is 5.92 Å².